The van der Waals surface area contributed by atoms with Crippen molar-refractivity contribution in [2.45, 2.75) is 18.4 Å². The molecule has 1 amide bonds. The van der Waals surface area contributed by atoms with Gasteiger partial charge in [-0.15, -0.1) is 0 Å². The fraction of sp³-hybridized carbons (Fsp3) is 0.0870. The van der Waals surface area contributed by atoms with Crippen molar-refractivity contribution in [3.8, 4) is 5.82 Å². The first kappa shape index (κ1) is 21.4. The van der Waals surface area contributed by atoms with Gasteiger partial charge in [0.2, 0.25) is 10.0 Å². The fourth-order valence-electron chi connectivity index (χ4n) is 3.07. The van der Waals surface area contributed by atoms with Gasteiger partial charge in [0.15, 0.2) is 5.82 Å². The number of carbonyl (C=O) groups is 1. The smallest absolute Gasteiger partial charge is 0.256 e. The van der Waals surface area contributed by atoms with Crippen LogP contribution in [0.1, 0.15) is 21.5 Å². The molecule has 32 heavy (non-hydrogen) atoms. The molecule has 0 aliphatic heterocycles. The Balaban J connectivity index is 1.49. The Morgan fingerprint density at radius 3 is 2.53 bits per heavy atom. The first-order valence-corrected chi connectivity index (χ1v) is 11.3. The number of anilines is 1. The van der Waals surface area contributed by atoms with Crippen molar-refractivity contribution in [3.05, 3.63) is 102 Å². The van der Waals surface area contributed by atoms with Crippen LogP contribution in [0, 0.1) is 6.92 Å². The third kappa shape index (κ3) is 4.90. The third-order valence-electron chi connectivity index (χ3n) is 4.82. The van der Waals surface area contributed by atoms with Crippen LogP contribution in [0.4, 0.5) is 5.69 Å². The summed E-state index contributed by atoms with van der Waals surface area (Å²) in [6, 6.07) is 18.9. The predicted molar refractivity (Wildman–Crippen MR) is 121 cm³/mol. The monoisotopic (exact) mass is 447 g/mol. The number of carbonyl (C=O) groups excluding carboxylic acids is 1. The second-order valence-corrected chi connectivity index (χ2v) is 8.86. The fourth-order valence-corrected chi connectivity index (χ4v) is 4.11. The average Bonchev–Trinajstić information content (AvgIpc) is 3.34. The minimum atomic E-state index is -3.79. The number of hydrogen-bond acceptors (Lipinski definition) is 5. The van der Waals surface area contributed by atoms with Crippen LogP contribution in [-0.4, -0.2) is 29.1 Å². The summed E-state index contributed by atoms with van der Waals surface area (Å²) in [4.78, 5) is 17.1. The number of nitrogens with one attached hydrogen (secondary N) is 2. The van der Waals surface area contributed by atoms with Crippen LogP contribution in [0.5, 0.6) is 0 Å². The van der Waals surface area contributed by atoms with Crippen LogP contribution in [0.25, 0.3) is 5.82 Å². The number of pyridine rings is 1. The van der Waals surface area contributed by atoms with E-state index in [9.17, 15) is 13.2 Å². The van der Waals surface area contributed by atoms with Crippen molar-refractivity contribution < 1.29 is 13.2 Å². The quantitative estimate of drug-likeness (QED) is 0.452. The zero-order valence-electron chi connectivity index (χ0n) is 17.3. The molecule has 9 heteroatoms. The van der Waals surface area contributed by atoms with Crippen LogP contribution < -0.4 is 10.0 Å². The molecule has 2 heterocycles. The minimum Gasteiger partial charge on any atom is -0.321 e. The van der Waals surface area contributed by atoms with Crippen LogP contribution in [0.15, 0.2) is 90.2 Å². The van der Waals surface area contributed by atoms with Gasteiger partial charge in [-0.25, -0.2) is 22.8 Å². The highest BCUT2D eigenvalue weighted by Crippen LogP contribution is 2.18. The van der Waals surface area contributed by atoms with Crippen LogP contribution in [-0.2, 0) is 16.6 Å². The maximum Gasteiger partial charge on any atom is 0.256 e. The third-order valence-corrected chi connectivity index (χ3v) is 6.22. The number of hydrogen-bond donors (Lipinski definition) is 2. The molecule has 4 aromatic rings. The maximum atomic E-state index is 12.8. The summed E-state index contributed by atoms with van der Waals surface area (Å²) in [5.74, 6) is 0.193. The van der Waals surface area contributed by atoms with E-state index in [1.807, 2.05) is 30.3 Å². The molecule has 0 saturated heterocycles. The van der Waals surface area contributed by atoms with Crippen molar-refractivity contribution in [2.24, 2.45) is 0 Å². The number of benzene rings is 2. The second-order valence-electron chi connectivity index (χ2n) is 7.10. The molecular weight excluding hydrogens is 426 g/mol. The molecule has 8 nitrogen and oxygen atoms in total. The molecular formula is C23H21N5O3S. The normalized spacial score (nSPS) is 11.3. The van der Waals surface area contributed by atoms with Gasteiger partial charge in [-0.1, -0.05) is 36.4 Å². The molecule has 2 N–H and O–H groups in total. The highest BCUT2D eigenvalue weighted by molar-refractivity contribution is 7.89. The van der Waals surface area contributed by atoms with E-state index in [0.29, 0.717) is 17.1 Å². The van der Waals surface area contributed by atoms with E-state index in [-0.39, 0.29) is 17.0 Å². The Kier molecular flexibility index (Phi) is 6.11. The molecule has 0 unspecified atom stereocenters. The number of sulfonamides is 1. The van der Waals surface area contributed by atoms with Crippen molar-refractivity contribution in [2.75, 3.05) is 5.32 Å². The molecule has 0 spiro atoms. The Morgan fingerprint density at radius 2 is 1.84 bits per heavy atom. The van der Waals surface area contributed by atoms with E-state index in [2.05, 4.69) is 20.1 Å². The predicted octanol–water partition coefficient (Wildman–Crippen LogP) is 3.31. The maximum absolute atomic E-state index is 12.8. The first-order valence-electron chi connectivity index (χ1n) is 9.84. The van der Waals surface area contributed by atoms with Gasteiger partial charge in [-0.3, -0.25) is 4.79 Å². The van der Waals surface area contributed by atoms with Crippen LogP contribution in [0.3, 0.4) is 0 Å². The largest absolute Gasteiger partial charge is 0.321 e. The topological polar surface area (TPSA) is 106 Å². The van der Waals surface area contributed by atoms with Gasteiger partial charge in [0.25, 0.3) is 5.91 Å². The van der Waals surface area contributed by atoms with E-state index < -0.39 is 15.9 Å². The summed E-state index contributed by atoms with van der Waals surface area (Å²) in [5.41, 5.74) is 2.25. The van der Waals surface area contributed by atoms with Crippen molar-refractivity contribution >= 4 is 21.6 Å². The Labute approximate surface area is 186 Å². The molecule has 2 aromatic carbocycles. The van der Waals surface area contributed by atoms with Gasteiger partial charge in [0, 0.05) is 24.5 Å². The first-order chi connectivity index (χ1) is 15.4. The van der Waals surface area contributed by atoms with E-state index in [4.69, 9.17) is 0 Å². The van der Waals surface area contributed by atoms with Crippen molar-refractivity contribution in [1.82, 2.24) is 19.5 Å². The second kappa shape index (κ2) is 9.13. The van der Waals surface area contributed by atoms with Gasteiger partial charge in [0.1, 0.15) is 0 Å². The molecule has 0 atom stereocenters. The summed E-state index contributed by atoms with van der Waals surface area (Å²) in [6.45, 7) is 1.91. The van der Waals surface area contributed by atoms with Gasteiger partial charge >= 0.3 is 0 Å². The van der Waals surface area contributed by atoms with E-state index in [0.717, 1.165) is 5.56 Å². The van der Waals surface area contributed by atoms with Crippen LogP contribution >= 0.6 is 0 Å². The zero-order chi connectivity index (χ0) is 22.6. The highest BCUT2D eigenvalue weighted by Gasteiger charge is 2.18. The standard InChI is InChI=1S/C23H21N5O3S/c1-17-8-10-20(32(30,31)26-15-18-6-3-2-4-7-18)14-21(17)23(29)27-19-9-11-22(24-16-19)28-13-5-12-25-28/h2-14,16,26H,15H2,1H3,(H,27,29). The summed E-state index contributed by atoms with van der Waals surface area (Å²) in [5, 5.41) is 6.87. The SMILES string of the molecule is Cc1ccc(S(=O)(=O)NCc2ccccc2)cc1C(=O)Nc1ccc(-n2cccn2)nc1. The summed E-state index contributed by atoms with van der Waals surface area (Å²) in [6.07, 6.45) is 4.93. The number of amides is 1. The van der Waals surface area contributed by atoms with Gasteiger partial charge in [-0.2, -0.15) is 5.10 Å². The highest BCUT2D eigenvalue weighted by atomic mass is 32.2. The Hall–Kier alpha value is -3.82. The lowest BCUT2D eigenvalue weighted by Crippen LogP contribution is -2.24. The van der Waals surface area contributed by atoms with E-state index in [1.165, 1.54) is 18.3 Å². The molecule has 0 radical (unpaired) electrons. The number of aromatic nitrogens is 3. The Bertz CT molecular complexity index is 1320. The summed E-state index contributed by atoms with van der Waals surface area (Å²) in [7, 11) is -3.79. The van der Waals surface area contributed by atoms with Crippen LogP contribution in [0.2, 0.25) is 0 Å². The van der Waals surface area contributed by atoms with Gasteiger partial charge in [0.05, 0.1) is 16.8 Å². The molecule has 0 aliphatic rings. The van der Waals surface area contributed by atoms with E-state index >= 15 is 0 Å². The van der Waals surface area contributed by atoms with E-state index in [1.54, 1.807) is 48.3 Å². The lowest BCUT2D eigenvalue weighted by molar-refractivity contribution is 0.102. The number of rotatable bonds is 7. The van der Waals surface area contributed by atoms with Gasteiger partial charge in [-0.05, 0) is 48.4 Å². The molecule has 0 saturated carbocycles. The summed E-state index contributed by atoms with van der Waals surface area (Å²) < 4.78 is 29.7. The molecule has 162 valence electrons. The minimum absolute atomic E-state index is 0.0244. The molecule has 0 fully saturated rings. The van der Waals surface area contributed by atoms with Crippen molar-refractivity contribution in [3.63, 3.8) is 0 Å². The molecule has 0 bridgehead atoms. The molecule has 4 rings (SSSR count). The van der Waals surface area contributed by atoms with Gasteiger partial charge < -0.3 is 5.32 Å². The molecule has 0 aliphatic carbocycles. The average molecular weight is 448 g/mol. The van der Waals surface area contributed by atoms with Crippen molar-refractivity contribution in [1.29, 1.82) is 0 Å². The number of aryl methyl sites for hydroxylation is 1. The molecule has 2 aromatic heterocycles. The number of nitrogens with zero attached hydrogens (tertiary/aromatic N) is 3. The summed E-state index contributed by atoms with van der Waals surface area (Å²) >= 11 is 0. The lowest BCUT2D eigenvalue weighted by atomic mass is 10.1. The Morgan fingerprint density at radius 1 is 1.03 bits per heavy atom. The zero-order valence-corrected chi connectivity index (χ0v) is 18.1. The lowest BCUT2D eigenvalue weighted by Gasteiger charge is -2.11.